The van der Waals surface area contributed by atoms with Crippen LogP contribution in [0.3, 0.4) is 0 Å². The Bertz CT molecular complexity index is 194. The van der Waals surface area contributed by atoms with Crippen molar-refractivity contribution in [2.45, 2.75) is 31.8 Å². The zero-order chi connectivity index (χ0) is 11.6. The van der Waals surface area contributed by atoms with Crippen LogP contribution in [-0.2, 0) is 14.3 Å². The van der Waals surface area contributed by atoms with Gasteiger partial charge in [-0.05, 0) is 25.7 Å². The summed E-state index contributed by atoms with van der Waals surface area (Å²) in [7, 11) is 0. The summed E-state index contributed by atoms with van der Waals surface area (Å²) < 4.78 is 10.6. The highest BCUT2D eigenvalue weighted by Crippen LogP contribution is 2.12. The Morgan fingerprint density at radius 1 is 1.44 bits per heavy atom. The van der Waals surface area contributed by atoms with Crippen LogP contribution >= 0.6 is 0 Å². The molecule has 0 aromatic heterocycles. The molecule has 94 valence electrons. The number of rotatable bonds is 7. The minimum atomic E-state index is -0.237. The maximum Gasteiger partial charge on any atom is 0.249 e. The fourth-order valence-corrected chi connectivity index (χ4v) is 1.63. The van der Waals surface area contributed by atoms with E-state index in [4.69, 9.17) is 15.2 Å². The smallest absolute Gasteiger partial charge is 0.249 e. The molecule has 1 unspecified atom stereocenters. The Morgan fingerprint density at radius 3 is 3.00 bits per heavy atom. The van der Waals surface area contributed by atoms with Gasteiger partial charge in [-0.3, -0.25) is 4.79 Å². The van der Waals surface area contributed by atoms with Crippen LogP contribution < -0.4 is 11.1 Å². The molecule has 5 nitrogen and oxygen atoms in total. The van der Waals surface area contributed by atoms with Crippen molar-refractivity contribution < 1.29 is 14.3 Å². The van der Waals surface area contributed by atoms with Crippen molar-refractivity contribution in [3.05, 3.63) is 0 Å². The first kappa shape index (κ1) is 13.4. The highest BCUT2D eigenvalue weighted by molar-refractivity contribution is 5.80. The molecule has 1 amide bonds. The van der Waals surface area contributed by atoms with Crippen LogP contribution in [0.2, 0.25) is 0 Å². The molecule has 0 aromatic carbocycles. The summed E-state index contributed by atoms with van der Waals surface area (Å²) in [6.07, 6.45) is 3.57. The van der Waals surface area contributed by atoms with E-state index >= 15 is 0 Å². The lowest BCUT2D eigenvalue weighted by atomic mass is 10.1. The standard InChI is InChI=1S/C11H22N2O3/c12-5-9-15-7-3-6-13-11(14)10-4-1-2-8-16-10/h10H,1-9,12H2,(H,13,14). The molecule has 1 aliphatic rings. The molecule has 0 aliphatic carbocycles. The van der Waals surface area contributed by atoms with Gasteiger partial charge in [0.15, 0.2) is 0 Å². The fourth-order valence-electron chi connectivity index (χ4n) is 1.63. The van der Waals surface area contributed by atoms with E-state index < -0.39 is 0 Å². The molecule has 1 aliphatic heterocycles. The number of amides is 1. The molecule has 1 rings (SSSR count). The first-order valence-corrected chi connectivity index (χ1v) is 6.01. The molecule has 0 aromatic rings. The van der Waals surface area contributed by atoms with Crippen LogP contribution in [0.5, 0.6) is 0 Å². The van der Waals surface area contributed by atoms with E-state index in [0.717, 1.165) is 25.7 Å². The molecule has 1 atom stereocenters. The van der Waals surface area contributed by atoms with Crippen LogP contribution in [-0.4, -0.2) is 44.9 Å². The summed E-state index contributed by atoms with van der Waals surface area (Å²) in [5, 5.41) is 2.85. The molecule has 1 saturated heterocycles. The average Bonchev–Trinajstić information content (AvgIpc) is 2.34. The summed E-state index contributed by atoms with van der Waals surface area (Å²) in [5.74, 6) is 0.0125. The lowest BCUT2D eigenvalue weighted by Crippen LogP contribution is -2.39. The van der Waals surface area contributed by atoms with Crippen molar-refractivity contribution in [2.75, 3.05) is 32.9 Å². The topological polar surface area (TPSA) is 73.6 Å². The van der Waals surface area contributed by atoms with Crippen LogP contribution in [0.25, 0.3) is 0 Å². The number of nitrogens with one attached hydrogen (secondary N) is 1. The summed E-state index contributed by atoms with van der Waals surface area (Å²) in [5.41, 5.74) is 5.28. The third-order valence-corrected chi connectivity index (χ3v) is 2.50. The lowest BCUT2D eigenvalue weighted by molar-refractivity contribution is -0.135. The van der Waals surface area contributed by atoms with Gasteiger partial charge in [0.2, 0.25) is 5.91 Å². The molecule has 0 radical (unpaired) electrons. The van der Waals surface area contributed by atoms with E-state index in [1.54, 1.807) is 0 Å². The predicted molar refractivity (Wildman–Crippen MR) is 61.1 cm³/mol. The van der Waals surface area contributed by atoms with Gasteiger partial charge in [-0.25, -0.2) is 0 Å². The lowest BCUT2D eigenvalue weighted by Gasteiger charge is -2.21. The van der Waals surface area contributed by atoms with Gasteiger partial charge in [0.25, 0.3) is 0 Å². The summed E-state index contributed by atoms with van der Waals surface area (Å²) in [6.45, 7) is 3.12. The van der Waals surface area contributed by atoms with E-state index in [-0.39, 0.29) is 12.0 Å². The number of hydrogen-bond donors (Lipinski definition) is 2. The molecular formula is C11H22N2O3. The quantitative estimate of drug-likeness (QED) is 0.605. The summed E-state index contributed by atoms with van der Waals surface area (Å²) >= 11 is 0. The third kappa shape index (κ3) is 5.44. The van der Waals surface area contributed by atoms with Gasteiger partial charge in [0, 0.05) is 26.3 Å². The van der Waals surface area contributed by atoms with Crippen LogP contribution in [0.15, 0.2) is 0 Å². The van der Waals surface area contributed by atoms with E-state index in [0.29, 0.717) is 32.9 Å². The van der Waals surface area contributed by atoms with Gasteiger partial charge < -0.3 is 20.5 Å². The van der Waals surface area contributed by atoms with Gasteiger partial charge in [-0.1, -0.05) is 0 Å². The third-order valence-electron chi connectivity index (χ3n) is 2.50. The zero-order valence-corrected chi connectivity index (χ0v) is 9.74. The number of nitrogens with two attached hydrogens (primary N) is 1. The fraction of sp³-hybridized carbons (Fsp3) is 0.909. The van der Waals surface area contributed by atoms with Crippen LogP contribution in [0, 0.1) is 0 Å². The first-order valence-electron chi connectivity index (χ1n) is 6.01. The average molecular weight is 230 g/mol. The van der Waals surface area contributed by atoms with Crippen LogP contribution in [0.1, 0.15) is 25.7 Å². The first-order chi connectivity index (χ1) is 7.84. The molecule has 0 saturated carbocycles. The molecule has 0 bridgehead atoms. The van der Waals surface area contributed by atoms with Gasteiger partial charge in [0.1, 0.15) is 6.10 Å². The molecule has 1 fully saturated rings. The second-order valence-corrected chi connectivity index (χ2v) is 3.90. The molecule has 1 heterocycles. The van der Waals surface area contributed by atoms with Gasteiger partial charge >= 0.3 is 0 Å². The Kier molecular flexibility index (Phi) is 7.12. The maximum absolute atomic E-state index is 11.6. The largest absolute Gasteiger partial charge is 0.380 e. The van der Waals surface area contributed by atoms with E-state index in [9.17, 15) is 4.79 Å². The van der Waals surface area contributed by atoms with E-state index in [1.807, 2.05) is 0 Å². The second kappa shape index (κ2) is 8.50. The van der Waals surface area contributed by atoms with Gasteiger partial charge in [-0.15, -0.1) is 0 Å². The number of hydrogen-bond acceptors (Lipinski definition) is 4. The number of ether oxygens (including phenoxy) is 2. The monoisotopic (exact) mass is 230 g/mol. The molecule has 5 heteroatoms. The minimum absolute atomic E-state index is 0.0125. The Balaban J connectivity index is 1.97. The van der Waals surface area contributed by atoms with Crippen molar-refractivity contribution in [1.82, 2.24) is 5.32 Å². The Labute approximate surface area is 96.7 Å². The van der Waals surface area contributed by atoms with E-state index in [1.165, 1.54) is 0 Å². The highest BCUT2D eigenvalue weighted by atomic mass is 16.5. The zero-order valence-electron chi connectivity index (χ0n) is 9.74. The molecule has 0 spiro atoms. The number of carbonyl (C=O) groups is 1. The Morgan fingerprint density at radius 2 is 2.31 bits per heavy atom. The summed E-state index contributed by atoms with van der Waals surface area (Å²) in [6, 6.07) is 0. The van der Waals surface area contributed by atoms with Gasteiger partial charge in [-0.2, -0.15) is 0 Å². The van der Waals surface area contributed by atoms with E-state index in [2.05, 4.69) is 5.32 Å². The Hall–Kier alpha value is -0.650. The van der Waals surface area contributed by atoms with Crippen molar-refractivity contribution in [3.63, 3.8) is 0 Å². The number of carbonyl (C=O) groups excluding carboxylic acids is 1. The molecule has 16 heavy (non-hydrogen) atoms. The second-order valence-electron chi connectivity index (χ2n) is 3.90. The SMILES string of the molecule is NCCOCCCNC(=O)C1CCCCO1. The predicted octanol–water partition coefficient (Wildman–Crippen LogP) is 0.0371. The maximum atomic E-state index is 11.6. The molecule has 3 N–H and O–H groups in total. The van der Waals surface area contributed by atoms with Crippen molar-refractivity contribution in [2.24, 2.45) is 5.73 Å². The van der Waals surface area contributed by atoms with Crippen molar-refractivity contribution in [3.8, 4) is 0 Å². The van der Waals surface area contributed by atoms with Gasteiger partial charge in [0.05, 0.1) is 6.61 Å². The minimum Gasteiger partial charge on any atom is -0.380 e. The molecular weight excluding hydrogens is 208 g/mol. The van der Waals surface area contributed by atoms with Crippen molar-refractivity contribution >= 4 is 5.91 Å². The van der Waals surface area contributed by atoms with Crippen molar-refractivity contribution in [1.29, 1.82) is 0 Å². The van der Waals surface area contributed by atoms with Crippen LogP contribution in [0.4, 0.5) is 0 Å². The normalized spacial score (nSPS) is 20.7. The highest BCUT2D eigenvalue weighted by Gasteiger charge is 2.20. The summed E-state index contributed by atoms with van der Waals surface area (Å²) in [4.78, 5) is 11.6.